The van der Waals surface area contributed by atoms with Gasteiger partial charge in [-0.2, -0.15) is 0 Å². The SMILES string of the molecule is CN(C)[C@@H]1Cc2c(Cl)cc(Cl)cc2[C@@H]1Oc1ccc(S(=O)(=O)NCCOCCOCCNC(=O)[C@H](O)[C@@H](O)C(=O)NCCOCCOCCNS(=O)(=O)c2ccc(O[C@H]3c4cc(Cl)cc(Cl)c4C[C@H]3N(C)C)cc2)cc1. The minimum Gasteiger partial charge on any atom is -0.484 e. The lowest BCUT2D eigenvalue weighted by molar-refractivity contribution is -0.146. The summed E-state index contributed by atoms with van der Waals surface area (Å²) in [4.78, 5) is 28.8. The Balaban J connectivity index is 0.752. The maximum absolute atomic E-state index is 12.9. The lowest BCUT2D eigenvalue weighted by atomic mass is 10.1. The van der Waals surface area contributed by atoms with Crippen LogP contribution in [0.4, 0.5) is 0 Å². The van der Waals surface area contributed by atoms with Crippen molar-refractivity contribution in [2.75, 3.05) is 107 Å². The van der Waals surface area contributed by atoms with E-state index in [4.69, 9.17) is 74.8 Å². The molecular formula is C50H64Cl4N6O14S2. The number of hydrogen-bond acceptors (Lipinski definition) is 16. The quantitative estimate of drug-likeness (QED) is 0.0392. The summed E-state index contributed by atoms with van der Waals surface area (Å²) < 4.78 is 90.9. The number of rotatable bonds is 31. The summed E-state index contributed by atoms with van der Waals surface area (Å²) in [5, 5.41) is 27.2. The Labute approximate surface area is 463 Å². The van der Waals surface area contributed by atoms with Gasteiger partial charge in [0.2, 0.25) is 20.0 Å². The van der Waals surface area contributed by atoms with Crippen LogP contribution >= 0.6 is 46.4 Å². The molecule has 0 heterocycles. The Morgan fingerprint density at radius 3 is 1.20 bits per heavy atom. The normalized spacial score (nSPS) is 18.1. The maximum atomic E-state index is 12.9. The van der Waals surface area contributed by atoms with Gasteiger partial charge >= 0.3 is 0 Å². The molecule has 0 saturated heterocycles. The molecule has 6 rings (SSSR count). The van der Waals surface area contributed by atoms with Crippen LogP contribution in [-0.4, -0.2) is 180 Å². The fraction of sp³-hybridized carbons (Fsp3) is 0.480. The molecule has 0 spiro atoms. The summed E-state index contributed by atoms with van der Waals surface area (Å²) in [5.41, 5.74) is 3.72. The van der Waals surface area contributed by atoms with Crippen LogP contribution in [0.2, 0.25) is 20.1 Å². The van der Waals surface area contributed by atoms with Crippen molar-refractivity contribution in [3.63, 3.8) is 0 Å². The van der Waals surface area contributed by atoms with E-state index in [1.807, 2.05) is 40.3 Å². The number of carbonyl (C=O) groups excluding carboxylic acids is 2. The number of aliphatic hydroxyl groups is 2. The van der Waals surface area contributed by atoms with Crippen molar-refractivity contribution >= 4 is 78.3 Å². The summed E-state index contributed by atoms with van der Waals surface area (Å²) in [6.45, 7) is 0.513. The van der Waals surface area contributed by atoms with Crippen LogP contribution in [-0.2, 0) is 61.4 Å². The summed E-state index contributed by atoms with van der Waals surface area (Å²) in [5.74, 6) is -1.02. The smallest absolute Gasteiger partial charge is 0.252 e. The molecule has 6 N–H and O–H groups in total. The molecule has 0 bridgehead atoms. The van der Waals surface area contributed by atoms with Crippen molar-refractivity contribution in [2.45, 2.75) is 59.1 Å². The Kier molecular flexibility index (Phi) is 23.2. The van der Waals surface area contributed by atoms with E-state index in [9.17, 15) is 36.6 Å². The summed E-state index contributed by atoms with van der Waals surface area (Å²) in [6.07, 6.45) is -3.48. The Hall–Kier alpha value is -3.92. The van der Waals surface area contributed by atoms with E-state index in [0.29, 0.717) is 44.4 Å². The highest BCUT2D eigenvalue weighted by Gasteiger charge is 2.39. The van der Waals surface area contributed by atoms with Crippen molar-refractivity contribution in [3.05, 3.63) is 115 Å². The first-order chi connectivity index (χ1) is 36.2. The Morgan fingerprint density at radius 1 is 0.539 bits per heavy atom. The average molecular weight is 1180 g/mol. The topological polar surface area (TPSA) is 253 Å². The van der Waals surface area contributed by atoms with Gasteiger partial charge in [-0.05, 0) is 125 Å². The molecule has 4 aromatic rings. The van der Waals surface area contributed by atoms with Crippen LogP contribution in [0.25, 0.3) is 0 Å². The zero-order chi connectivity index (χ0) is 55.2. The van der Waals surface area contributed by atoms with E-state index >= 15 is 0 Å². The molecule has 418 valence electrons. The van der Waals surface area contributed by atoms with Crippen molar-refractivity contribution in [3.8, 4) is 11.5 Å². The minimum absolute atomic E-state index is 0.00550. The number of hydrogen-bond donors (Lipinski definition) is 6. The number of nitrogens with zero attached hydrogens (tertiary/aromatic N) is 2. The van der Waals surface area contributed by atoms with Crippen LogP contribution in [0.15, 0.2) is 82.6 Å². The average Bonchev–Trinajstić information content (AvgIpc) is 3.93. The number of amides is 2. The van der Waals surface area contributed by atoms with Crippen LogP contribution in [0.1, 0.15) is 34.5 Å². The van der Waals surface area contributed by atoms with Crippen LogP contribution in [0, 0.1) is 0 Å². The fourth-order valence-electron chi connectivity index (χ4n) is 8.41. The third-order valence-electron chi connectivity index (χ3n) is 12.4. The number of benzene rings is 4. The second kappa shape index (κ2) is 28.8. The van der Waals surface area contributed by atoms with Gasteiger partial charge < -0.3 is 59.1 Å². The largest absolute Gasteiger partial charge is 0.484 e. The van der Waals surface area contributed by atoms with Gasteiger partial charge in [-0.25, -0.2) is 26.3 Å². The first-order valence-corrected chi connectivity index (χ1v) is 28.7. The van der Waals surface area contributed by atoms with E-state index in [2.05, 4.69) is 29.9 Å². The molecular weight excluding hydrogens is 1110 g/mol. The van der Waals surface area contributed by atoms with Gasteiger partial charge in [0, 0.05) is 57.4 Å². The van der Waals surface area contributed by atoms with Crippen molar-refractivity contribution in [1.82, 2.24) is 29.9 Å². The molecule has 0 saturated carbocycles. The van der Waals surface area contributed by atoms with Gasteiger partial charge in [-0.1, -0.05) is 46.4 Å². The minimum atomic E-state index is -3.85. The molecule has 26 heteroatoms. The van der Waals surface area contributed by atoms with E-state index in [1.165, 1.54) is 24.3 Å². The number of ether oxygens (including phenoxy) is 6. The highest BCUT2D eigenvalue weighted by atomic mass is 35.5. The van der Waals surface area contributed by atoms with Crippen LogP contribution in [0.3, 0.4) is 0 Å². The molecule has 6 atom stereocenters. The van der Waals surface area contributed by atoms with Crippen LogP contribution < -0.4 is 29.6 Å². The van der Waals surface area contributed by atoms with E-state index in [0.717, 1.165) is 22.3 Å². The first kappa shape index (κ1) is 61.3. The number of nitrogens with one attached hydrogen (secondary N) is 4. The molecule has 20 nitrogen and oxygen atoms in total. The number of sulfonamides is 2. The standard InChI is InChI=1S/C50H64Cl4N6O14S2/c1-59(2)43-29-37-39(25-31(51)27-41(37)53)47(43)73-33-5-9-35(10-6-33)75(65,66)57-15-19-71-23-21-69-17-13-55-49(63)45(61)46(62)50(64)56-14-18-70-22-24-72-20-16-58-76(67,68)36-11-7-34(8-12-36)74-48-40-26-32(52)28-42(54)38(40)30-44(48)60(3)4/h5-12,25-28,43-48,57-58,61-62H,13-24,29-30H2,1-4H3,(H,55,63)(H,56,64)/t43-,44-,45-,46-,47+,48+/m1/s1. The molecule has 0 radical (unpaired) electrons. The summed E-state index contributed by atoms with van der Waals surface area (Å²) in [7, 11) is 0.121. The number of likely N-dealkylation sites (N-methyl/N-ethyl adjacent to an activating group) is 2. The molecule has 2 amide bonds. The van der Waals surface area contributed by atoms with Gasteiger partial charge in [0.1, 0.15) is 23.7 Å². The fourth-order valence-corrected chi connectivity index (χ4v) is 11.6. The second-order valence-corrected chi connectivity index (χ2v) is 23.3. The summed E-state index contributed by atoms with van der Waals surface area (Å²) >= 11 is 25.5. The number of aliphatic hydroxyl groups excluding tert-OH is 2. The second-order valence-electron chi connectivity index (χ2n) is 18.1. The van der Waals surface area contributed by atoms with E-state index < -0.39 is 44.1 Å². The van der Waals surface area contributed by atoms with E-state index in [1.54, 1.807) is 36.4 Å². The number of fused-ring (bicyclic) bond motifs is 2. The predicted molar refractivity (Wildman–Crippen MR) is 287 cm³/mol. The zero-order valence-corrected chi connectivity index (χ0v) is 47.0. The third-order valence-corrected chi connectivity index (χ3v) is 16.5. The van der Waals surface area contributed by atoms with Gasteiger partial charge in [-0.3, -0.25) is 9.59 Å². The Morgan fingerprint density at radius 2 is 0.868 bits per heavy atom. The molecule has 0 unspecified atom stereocenters. The van der Waals surface area contributed by atoms with Gasteiger partial charge in [0.25, 0.3) is 11.8 Å². The van der Waals surface area contributed by atoms with Crippen molar-refractivity contribution < 1.29 is 65.1 Å². The molecule has 2 aliphatic rings. The van der Waals surface area contributed by atoms with Gasteiger partial charge in [0.05, 0.1) is 74.7 Å². The molecule has 0 aromatic heterocycles. The monoisotopic (exact) mass is 1180 g/mol. The number of carbonyl (C=O) groups is 2. The highest BCUT2D eigenvalue weighted by molar-refractivity contribution is 7.89. The van der Waals surface area contributed by atoms with Crippen LogP contribution in [0.5, 0.6) is 11.5 Å². The molecule has 2 aliphatic carbocycles. The summed E-state index contributed by atoms with van der Waals surface area (Å²) in [6, 6.07) is 19.3. The van der Waals surface area contributed by atoms with E-state index in [-0.39, 0.29) is 113 Å². The molecule has 0 fully saturated rings. The Bertz CT molecular complexity index is 2610. The number of halogens is 4. The molecule has 0 aliphatic heterocycles. The van der Waals surface area contributed by atoms with Gasteiger partial charge in [0.15, 0.2) is 12.2 Å². The third kappa shape index (κ3) is 17.0. The lowest BCUT2D eigenvalue weighted by Gasteiger charge is -2.27. The zero-order valence-electron chi connectivity index (χ0n) is 42.3. The molecule has 76 heavy (non-hydrogen) atoms. The predicted octanol–water partition coefficient (Wildman–Crippen LogP) is 3.79. The lowest BCUT2D eigenvalue weighted by Crippen LogP contribution is -2.50. The highest BCUT2D eigenvalue weighted by Crippen LogP contribution is 2.43. The maximum Gasteiger partial charge on any atom is 0.252 e. The van der Waals surface area contributed by atoms with Gasteiger partial charge in [-0.15, -0.1) is 0 Å². The van der Waals surface area contributed by atoms with Crippen molar-refractivity contribution in [1.29, 1.82) is 0 Å². The molecule has 4 aromatic carbocycles. The first-order valence-electron chi connectivity index (χ1n) is 24.2. The van der Waals surface area contributed by atoms with Crippen molar-refractivity contribution in [2.24, 2.45) is 0 Å².